The van der Waals surface area contributed by atoms with Crippen LogP contribution in [0.4, 0.5) is 0 Å². The van der Waals surface area contributed by atoms with Crippen LogP contribution in [0.3, 0.4) is 0 Å². The molecule has 110 valence electrons. The van der Waals surface area contributed by atoms with E-state index in [0.717, 1.165) is 0 Å². The first-order valence-corrected chi connectivity index (χ1v) is 7.21. The molecule has 1 N–H and O–H groups in total. The Labute approximate surface area is 137 Å². The topological polar surface area (TPSA) is 38.3 Å². The third-order valence-electron chi connectivity index (χ3n) is 2.92. The molecule has 0 radical (unpaired) electrons. The van der Waals surface area contributed by atoms with Crippen molar-refractivity contribution >= 4 is 40.7 Å². The lowest BCUT2D eigenvalue weighted by Crippen LogP contribution is -2.23. The molecule has 21 heavy (non-hydrogen) atoms. The number of halogens is 3. The van der Waals surface area contributed by atoms with Crippen molar-refractivity contribution in [2.45, 2.75) is 6.54 Å². The average Bonchev–Trinajstić information content (AvgIpc) is 2.48. The van der Waals surface area contributed by atoms with E-state index in [1.165, 1.54) is 0 Å². The number of hydrogen-bond acceptors (Lipinski definition) is 2. The highest BCUT2D eigenvalue weighted by Gasteiger charge is 2.14. The zero-order valence-electron chi connectivity index (χ0n) is 11.1. The third-order valence-corrected chi connectivity index (χ3v) is 4.09. The second-order valence-corrected chi connectivity index (χ2v) is 5.40. The van der Waals surface area contributed by atoms with E-state index in [2.05, 4.69) is 5.32 Å². The van der Waals surface area contributed by atoms with Crippen molar-refractivity contribution in [2.24, 2.45) is 0 Å². The molecule has 0 atom stereocenters. The van der Waals surface area contributed by atoms with Crippen LogP contribution in [-0.2, 0) is 6.54 Å². The highest BCUT2D eigenvalue weighted by Crippen LogP contribution is 2.27. The summed E-state index contributed by atoms with van der Waals surface area (Å²) < 4.78 is 5.22. The van der Waals surface area contributed by atoms with Crippen molar-refractivity contribution in [2.75, 3.05) is 7.11 Å². The van der Waals surface area contributed by atoms with Crippen LogP contribution >= 0.6 is 34.8 Å². The number of ether oxygens (including phenoxy) is 1. The monoisotopic (exact) mass is 343 g/mol. The summed E-state index contributed by atoms with van der Waals surface area (Å²) in [6.07, 6.45) is 0. The summed E-state index contributed by atoms with van der Waals surface area (Å²) in [5.74, 6) is 0.282. The average molecular weight is 345 g/mol. The summed E-state index contributed by atoms with van der Waals surface area (Å²) in [6, 6.07) is 10.2. The Kier molecular flexibility index (Phi) is 5.34. The van der Waals surface area contributed by atoms with E-state index >= 15 is 0 Å². The second-order valence-electron chi connectivity index (χ2n) is 4.20. The van der Waals surface area contributed by atoms with Gasteiger partial charge in [-0.15, -0.1) is 0 Å². The predicted molar refractivity (Wildman–Crippen MR) is 85.6 cm³/mol. The molecular weight excluding hydrogens is 333 g/mol. The molecule has 0 spiro atoms. The number of rotatable bonds is 4. The number of carbonyl (C=O) groups is 1. The Morgan fingerprint density at radius 3 is 2.48 bits per heavy atom. The molecule has 0 aromatic heterocycles. The fourth-order valence-corrected chi connectivity index (χ4v) is 2.46. The number of benzene rings is 2. The van der Waals surface area contributed by atoms with Gasteiger partial charge in [-0.25, -0.2) is 0 Å². The lowest BCUT2D eigenvalue weighted by atomic mass is 10.1. The van der Waals surface area contributed by atoms with Crippen molar-refractivity contribution < 1.29 is 9.53 Å². The third kappa shape index (κ3) is 3.62. The normalized spacial score (nSPS) is 10.3. The first kappa shape index (κ1) is 16.0. The Balaban J connectivity index is 2.17. The van der Waals surface area contributed by atoms with E-state index in [-0.39, 0.29) is 17.5 Å². The number of carbonyl (C=O) groups excluding carboxylic acids is 1. The van der Waals surface area contributed by atoms with Crippen LogP contribution in [0.15, 0.2) is 36.4 Å². The van der Waals surface area contributed by atoms with E-state index < -0.39 is 0 Å². The fraction of sp³-hybridized carbons (Fsp3) is 0.133. The summed E-state index contributed by atoms with van der Waals surface area (Å²) >= 11 is 18.0. The van der Waals surface area contributed by atoms with Gasteiger partial charge < -0.3 is 10.1 Å². The standard InChI is InChI=1S/C15H12Cl3NO2/c1-21-13-7-3-5-11(16)10(13)8-19-15(20)9-4-2-6-12(17)14(9)18/h2-7H,8H2,1H3,(H,19,20). The molecule has 6 heteroatoms. The van der Waals surface area contributed by atoms with Crippen molar-refractivity contribution in [3.63, 3.8) is 0 Å². The molecule has 2 aromatic rings. The molecule has 3 nitrogen and oxygen atoms in total. The van der Waals surface area contributed by atoms with E-state index in [0.29, 0.717) is 26.9 Å². The predicted octanol–water partition coefficient (Wildman–Crippen LogP) is 4.59. The molecule has 2 aromatic carbocycles. The quantitative estimate of drug-likeness (QED) is 0.881. The van der Waals surface area contributed by atoms with Gasteiger partial charge in [0.1, 0.15) is 5.75 Å². The number of hydrogen-bond donors (Lipinski definition) is 1. The summed E-state index contributed by atoms with van der Waals surface area (Å²) in [6.45, 7) is 0.227. The second kappa shape index (κ2) is 7.03. The van der Waals surface area contributed by atoms with Gasteiger partial charge >= 0.3 is 0 Å². The Morgan fingerprint density at radius 1 is 1.10 bits per heavy atom. The van der Waals surface area contributed by atoms with Crippen LogP contribution in [-0.4, -0.2) is 13.0 Å². The SMILES string of the molecule is COc1cccc(Cl)c1CNC(=O)c1cccc(Cl)c1Cl. The highest BCUT2D eigenvalue weighted by atomic mass is 35.5. The first-order valence-electron chi connectivity index (χ1n) is 6.08. The van der Waals surface area contributed by atoms with Crippen LogP contribution < -0.4 is 10.1 Å². The number of nitrogens with one attached hydrogen (secondary N) is 1. The van der Waals surface area contributed by atoms with Crippen LogP contribution in [0.25, 0.3) is 0 Å². The van der Waals surface area contributed by atoms with Gasteiger partial charge in [0.2, 0.25) is 0 Å². The minimum atomic E-state index is -0.329. The number of amides is 1. The lowest BCUT2D eigenvalue weighted by molar-refractivity contribution is 0.0951. The zero-order chi connectivity index (χ0) is 15.4. The number of methoxy groups -OCH3 is 1. The largest absolute Gasteiger partial charge is 0.496 e. The zero-order valence-corrected chi connectivity index (χ0v) is 13.4. The minimum absolute atomic E-state index is 0.225. The van der Waals surface area contributed by atoms with Gasteiger partial charge in [-0.05, 0) is 24.3 Å². The van der Waals surface area contributed by atoms with Gasteiger partial charge in [-0.2, -0.15) is 0 Å². The van der Waals surface area contributed by atoms with E-state index in [1.807, 2.05) is 0 Å². The van der Waals surface area contributed by atoms with Gasteiger partial charge in [0.25, 0.3) is 5.91 Å². The smallest absolute Gasteiger partial charge is 0.253 e. The molecule has 2 rings (SSSR count). The Morgan fingerprint density at radius 2 is 1.76 bits per heavy atom. The molecule has 0 heterocycles. The summed E-state index contributed by atoms with van der Waals surface area (Å²) in [5.41, 5.74) is 1.02. The molecule has 0 unspecified atom stereocenters. The van der Waals surface area contributed by atoms with Crippen LogP contribution in [0.1, 0.15) is 15.9 Å². The molecule has 0 aliphatic carbocycles. The van der Waals surface area contributed by atoms with Crippen LogP contribution in [0.5, 0.6) is 5.75 Å². The highest BCUT2D eigenvalue weighted by molar-refractivity contribution is 6.43. The molecule has 0 bridgehead atoms. The molecule has 0 fully saturated rings. The molecule has 1 amide bonds. The van der Waals surface area contributed by atoms with Gasteiger partial charge in [0.05, 0.1) is 22.7 Å². The maximum absolute atomic E-state index is 12.2. The Bertz CT molecular complexity index is 674. The lowest BCUT2D eigenvalue weighted by Gasteiger charge is -2.12. The van der Waals surface area contributed by atoms with Gasteiger partial charge in [0.15, 0.2) is 0 Å². The van der Waals surface area contributed by atoms with E-state index in [4.69, 9.17) is 39.5 Å². The van der Waals surface area contributed by atoms with Crippen molar-refractivity contribution in [1.29, 1.82) is 0 Å². The van der Waals surface area contributed by atoms with E-state index in [9.17, 15) is 4.79 Å². The summed E-state index contributed by atoms with van der Waals surface area (Å²) in [7, 11) is 1.55. The fourth-order valence-electron chi connectivity index (χ4n) is 1.84. The van der Waals surface area contributed by atoms with Crippen molar-refractivity contribution in [3.05, 3.63) is 62.6 Å². The van der Waals surface area contributed by atoms with Crippen molar-refractivity contribution in [1.82, 2.24) is 5.32 Å². The summed E-state index contributed by atoms with van der Waals surface area (Å²) in [4.78, 5) is 12.2. The summed E-state index contributed by atoms with van der Waals surface area (Å²) in [5, 5.41) is 3.83. The molecule has 0 aliphatic heterocycles. The maximum atomic E-state index is 12.2. The minimum Gasteiger partial charge on any atom is -0.496 e. The van der Waals surface area contributed by atoms with Gasteiger partial charge in [-0.3, -0.25) is 4.79 Å². The maximum Gasteiger partial charge on any atom is 0.253 e. The van der Waals surface area contributed by atoms with Crippen LogP contribution in [0.2, 0.25) is 15.1 Å². The van der Waals surface area contributed by atoms with Crippen molar-refractivity contribution in [3.8, 4) is 5.75 Å². The van der Waals surface area contributed by atoms with Crippen LogP contribution in [0, 0.1) is 0 Å². The molecular formula is C15H12Cl3NO2. The first-order chi connectivity index (χ1) is 10.0. The van der Waals surface area contributed by atoms with Gasteiger partial charge in [0, 0.05) is 17.1 Å². The Hall–Kier alpha value is -1.42. The van der Waals surface area contributed by atoms with E-state index in [1.54, 1.807) is 43.5 Å². The van der Waals surface area contributed by atoms with Gasteiger partial charge in [-0.1, -0.05) is 46.9 Å². The molecule has 0 saturated heterocycles. The molecule has 0 saturated carbocycles. The molecule has 0 aliphatic rings.